The fraction of sp³-hybridized carbons (Fsp3) is 0.312. The third-order valence-corrected chi connectivity index (χ3v) is 3.89. The number of hydrazine groups is 1. The molecule has 0 aliphatic carbocycles. The summed E-state index contributed by atoms with van der Waals surface area (Å²) in [4.78, 5) is 11.4. The van der Waals surface area contributed by atoms with E-state index in [0.717, 1.165) is 5.01 Å². The number of carbonyl (C=O) groups excluding carboxylic acids is 1. The minimum absolute atomic E-state index is 0.00458. The molecule has 2 aromatic rings. The van der Waals surface area contributed by atoms with Gasteiger partial charge in [0, 0.05) is 18.5 Å². The second-order valence-corrected chi connectivity index (χ2v) is 5.33. The van der Waals surface area contributed by atoms with Gasteiger partial charge in [-0.3, -0.25) is 10.2 Å². The molecule has 1 heterocycles. The predicted molar refractivity (Wildman–Crippen MR) is 78.8 cm³/mol. The molecule has 0 unspecified atom stereocenters. The van der Waals surface area contributed by atoms with Gasteiger partial charge in [-0.1, -0.05) is 30.3 Å². The average Bonchev–Trinajstić information content (AvgIpc) is 2.92. The van der Waals surface area contributed by atoms with Crippen molar-refractivity contribution < 1.29 is 22.7 Å². The first kappa shape index (κ1) is 15.6. The third-order valence-electron chi connectivity index (χ3n) is 3.89. The maximum atomic E-state index is 13.8. The number of amides is 1. The van der Waals surface area contributed by atoms with Gasteiger partial charge in [-0.05, 0) is 16.8 Å². The number of hydrogen-bond donors (Lipinski definition) is 1. The number of carbonyl (C=O) groups is 1. The van der Waals surface area contributed by atoms with Crippen molar-refractivity contribution in [2.45, 2.75) is 18.6 Å². The molecule has 1 atom stereocenters. The number of halogens is 3. The van der Waals surface area contributed by atoms with Crippen molar-refractivity contribution in [2.75, 3.05) is 13.7 Å². The van der Waals surface area contributed by atoms with E-state index in [2.05, 4.69) is 5.43 Å². The first-order valence-corrected chi connectivity index (χ1v) is 7.10. The molecule has 0 spiro atoms. The Hall–Kier alpha value is -2.28. The molecule has 0 saturated carbocycles. The van der Waals surface area contributed by atoms with Gasteiger partial charge in [-0.2, -0.15) is 13.2 Å². The van der Waals surface area contributed by atoms with Crippen LogP contribution in [0.4, 0.5) is 13.2 Å². The van der Waals surface area contributed by atoms with Gasteiger partial charge in [-0.25, -0.2) is 5.01 Å². The molecule has 122 valence electrons. The highest BCUT2D eigenvalue weighted by Crippen LogP contribution is 2.44. The van der Waals surface area contributed by atoms with E-state index in [0.29, 0.717) is 10.8 Å². The molecule has 0 radical (unpaired) electrons. The van der Waals surface area contributed by atoms with Crippen molar-refractivity contribution in [3.8, 4) is 5.75 Å². The molecule has 1 saturated heterocycles. The average molecular weight is 324 g/mol. The Morgan fingerprint density at radius 1 is 1.22 bits per heavy atom. The standard InChI is InChI=1S/C16H15F3N2O2/c1-23-12-7-6-10-4-2-3-5-11(10)14(12)15(16(17,18)19)21-9-8-13(22)20-21/h2-7,15H,8-9H2,1H3,(H,20,22)/t15-/m0/s1. The predicted octanol–water partition coefficient (Wildman–Crippen LogP) is 3.19. The molecule has 0 aromatic heterocycles. The van der Waals surface area contributed by atoms with E-state index in [4.69, 9.17) is 4.74 Å². The molecule has 1 N–H and O–H groups in total. The third kappa shape index (κ3) is 2.84. The lowest BCUT2D eigenvalue weighted by atomic mass is 9.96. The molecule has 7 heteroatoms. The van der Waals surface area contributed by atoms with E-state index < -0.39 is 18.1 Å². The molecule has 1 fully saturated rings. The number of hydrogen-bond acceptors (Lipinski definition) is 3. The molecule has 3 rings (SSSR count). The summed E-state index contributed by atoms with van der Waals surface area (Å²) < 4.78 is 46.5. The van der Waals surface area contributed by atoms with Crippen LogP contribution in [0.1, 0.15) is 18.0 Å². The Bertz CT molecular complexity index is 746. The monoisotopic (exact) mass is 324 g/mol. The summed E-state index contributed by atoms with van der Waals surface area (Å²) in [5.74, 6) is -0.273. The lowest BCUT2D eigenvalue weighted by Gasteiger charge is -2.31. The molecular formula is C16H15F3N2O2. The summed E-state index contributed by atoms with van der Waals surface area (Å²) >= 11 is 0. The van der Waals surface area contributed by atoms with Crippen molar-refractivity contribution in [2.24, 2.45) is 0 Å². The molecule has 1 aliphatic heterocycles. The van der Waals surface area contributed by atoms with Gasteiger partial charge < -0.3 is 4.74 Å². The van der Waals surface area contributed by atoms with Crippen LogP contribution in [0.25, 0.3) is 10.8 Å². The van der Waals surface area contributed by atoms with E-state index in [-0.39, 0.29) is 24.3 Å². The van der Waals surface area contributed by atoms with E-state index in [1.54, 1.807) is 30.3 Å². The van der Waals surface area contributed by atoms with Crippen LogP contribution in [-0.2, 0) is 4.79 Å². The maximum absolute atomic E-state index is 13.8. The number of fused-ring (bicyclic) bond motifs is 1. The molecule has 23 heavy (non-hydrogen) atoms. The minimum atomic E-state index is -4.56. The molecule has 1 amide bonds. The molecular weight excluding hydrogens is 309 g/mol. The van der Waals surface area contributed by atoms with Crippen molar-refractivity contribution in [1.29, 1.82) is 0 Å². The zero-order valence-electron chi connectivity index (χ0n) is 12.4. The Kier molecular flexibility index (Phi) is 3.89. The Balaban J connectivity index is 2.23. The summed E-state index contributed by atoms with van der Waals surface area (Å²) in [5, 5.41) is 2.07. The SMILES string of the molecule is COc1ccc2ccccc2c1[C@H](N1CCC(=O)N1)C(F)(F)F. The Labute approximate surface area is 130 Å². The zero-order chi connectivity index (χ0) is 16.6. The van der Waals surface area contributed by atoms with E-state index >= 15 is 0 Å². The van der Waals surface area contributed by atoms with Gasteiger partial charge in [0.2, 0.25) is 5.91 Å². The van der Waals surface area contributed by atoms with E-state index in [1.165, 1.54) is 13.2 Å². The first-order chi connectivity index (χ1) is 10.9. The van der Waals surface area contributed by atoms with Gasteiger partial charge in [0.1, 0.15) is 5.75 Å². The summed E-state index contributed by atoms with van der Waals surface area (Å²) in [5.41, 5.74) is 2.31. The van der Waals surface area contributed by atoms with Crippen LogP contribution in [-0.4, -0.2) is 30.7 Å². The lowest BCUT2D eigenvalue weighted by Crippen LogP contribution is -2.43. The van der Waals surface area contributed by atoms with Gasteiger partial charge >= 0.3 is 6.18 Å². The highest BCUT2D eigenvalue weighted by molar-refractivity contribution is 5.88. The smallest absolute Gasteiger partial charge is 0.410 e. The van der Waals surface area contributed by atoms with Crippen molar-refractivity contribution >= 4 is 16.7 Å². The normalized spacial score (nSPS) is 17.3. The maximum Gasteiger partial charge on any atom is 0.410 e. The van der Waals surface area contributed by atoms with E-state index in [1.807, 2.05) is 0 Å². The van der Waals surface area contributed by atoms with Crippen molar-refractivity contribution in [3.63, 3.8) is 0 Å². The van der Waals surface area contributed by atoms with Crippen LogP contribution in [0, 0.1) is 0 Å². The number of methoxy groups -OCH3 is 1. The fourth-order valence-electron chi connectivity index (χ4n) is 2.92. The highest BCUT2D eigenvalue weighted by atomic mass is 19.4. The van der Waals surface area contributed by atoms with Crippen LogP contribution in [0.2, 0.25) is 0 Å². The summed E-state index contributed by atoms with van der Waals surface area (Å²) in [6.07, 6.45) is -4.52. The number of rotatable bonds is 3. The van der Waals surface area contributed by atoms with Crippen LogP contribution in [0.3, 0.4) is 0 Å². The number of benzene rings is 2. The van der Waals surface area contributed by atoms with Gasteiger partial charge in [0.15, 0.2) is 6.04 Å². The molecule has 1 aliphatic rings. The number of nitrogens with zero attached hydrogens (tertiary/aromatic N) is 1. The second kappa shape index (κ2) is 5.73. The summed E-state index contributed by atoms with van der Waals surface area (Å²) in [6, 6.07) is 8.09. The zero-order valence-corrected chi connectivity index (χ0v) is 12.4. The van der Waals surface area contributed by atoms with Gasteiger partial charge in [0.25, 0.3) is 0 Å². The highest BCUT2D eigenvalue weighted by Gasteiger charge is 2.48. The largest absolute Gasteiger partial charge is 0.496 e. The first-order valence-electron chi connectivity index (χ1n) is 7.10. The minimum Gasteiger partial charge on any atom is -0.496 e. The van der Waals surface area contributed by atoms with Crippen molar-refractivity contribution in [1.82, 2.24) is 10.4 Å². The van der Waals surface area contributed by atoms with Gasteiger partial charge in [-0.15, -0.1) is 0 Å². The Morgan fingerprint density at radius 2 is 1.96 bits per heavy atom. The van der Waals surface area contributed by atoms with Crippen LogP contribution in [0.15, 0.2) is 36.4 Å². The fourth-order valence-corrected chi connectivity index (χ4v) is 2.92. The molecule has 2 aromatic carbocycles. The number of ether oxygens (including phenoxy) is 1. The van der Waals surface area contributed by atoms with Crippen LogP contribution < -0.4 is 10.2 Å². The topological polar surface area (TPSA) is 41.6 Å². The molecule has 0 bridgehead atoms. The number of nitrogens with one attached hydrogen (secondary N) is 1. The Morgan fingerprint density at radius 3 is 2.57 bits per heavy atom. The summed E-state index contributed by atoms with van der Waals surface area (Å²) in [7, 11) is 1.34. The van der Waals surface area contributed by atoms with E-state index in [9.17, 15) is 18.0 Å². The van der Waals surface area contributed by atoms with Crippen LogP contribution >= 0.6 is 0 Å². The number of alkyl halides is 3. The second-order valence-electron chi connectivity index (χ2n) is 5.33. The summed E-state index contributed by atoms with van der Waals surface area (Å²) in [6.45, 7) is -0.00458. The molecule has 4 nitrogen and oxygen atoms in total. The lowest BCUT2D eigenvalue weighted by molar-refractivity contribution is -0.190. The van der Waals surface area contributed by atoms with Crippen molar-refractivity contribution in [3.05, 3.63) is 42.0 Å². The van der Waals surface area contributed by atoms with Gasteiger partial charge in [0.05, 0.1) is 7.11 Å². The van der Waals surface area contributed by atoms with Crippen LogP contribution in [0.5, 0.6) is 5.75 Å². The quantitative estimate of drug-likeness (QED) is 0.943.